The molecule has 0 aliphatic rings. The molecule has 7 heteroatoms. The largest absolute Gasteiger partial charge is 0.346 e. The number of carbonyl (C=O) groups excluding carboxylic acids is 1. The van der Waals surface area contributed by atoms with Gasteiger partial charge in [0.2, 0.25) is 0 Å². The van der Waals surface area contributed by atoms with Crippen molar-refractivity contribution >= 4 is 21.6 Å². The Morgan fingerprint density at radius 2 is 1.76 bits per heavy atom. The number of nitrogens with one attached hydrogen (secondary N) is 1. The number of hydrogen-bond donors (Lipinski definition) is 1. The van der Waals surface area contributed by atoms with Gasteiger partial charge in [-0.05, 0) is 55.8 Å². The minimum Gasteiger partial charge on any atom is -0.346 e. The predicted molar refractivity (Wildman–Crippen MR) is 113 cm³/mol. The summed E-state index contributed by atoms with van der Waals surface area (Å²) in [6.45, 7) is 4.13. The third-order valence-electron chi connectivity index (χ3n) is 4.69. The molecule has 3 rings (SSSR count). The standard InChI is InChI=1S/C22H23N3O3S/c1-16-9-11-19(12-10-16)25(3)29(27,28)20-8-4-7-18(14-20)22(26)24-15-21-17(2)6-5-13-23-21/h4-14H,15H2,1-3H3,(H,24,26). The first-order valence-electron chi connectivity index (χ1n) is 9.13. The highest BCUT2D eigenvalue weighted by molar-refractivity contribution is 7.92. The first-order valence-corrected chi connectivity index (χ1v) is 10.6. The zero-order valence-corrected chi connectivity index (χ0v) is 17.4. The Balaban J connectivity index is 1.80. The number of hydrogen-bond acceptors (Lipinski definition) is 4. The van der Waals surface area contributed by atoms with Crippen LogP contribution in [0.4, 0.5) is 5.69 Å². The van der Waals surface area contributed by atoms with E-state index in [9.17, 15) is 13.2 Å². The summed E-state index contributed by atoms with van der Waals surface area (Å²) in [7, 11) is -2.30. The number of nitrogens with zero attached hydrogens (tertiary/aromatic N) is 2. The van der Waals surface area contributed by atoms with Gasteiger partial charge in [-0.2, -0.15) is 0 Å². The van der Waals surface area contributed by atoms with Crippen molar-refractivity contribution in [3.05, 3.63) is 89.2 Å². The van der Waals surface area contributed by atoms with E-state index in [-0.39, 0.29) is 22.9 Å². The first-order chi connectivity index (χ1) is 13.8. The second-order valence-electron chi connectivity index (χ2n) is 6.79. The molecular formula is C22H23N3O3S. The van der Waals surface area contributed by atoms with Crippen LogP contribution < -0.4 is 9.62 Å². The quantitative estimate of drug-likeness (QED) is 0.676. The number of sulfonamides is 1. The Kier molecular flexibility index (Phi) is 5.98. The van der Waals surface area contributed by atoms with E-state index in [1.807, 2.05) is 38.1 Å². The van der Waals surface area contributed by atoms with Crippen LogP contribution in [0.2, 0.25) is 0 Å². The lowest BCUT2D eigenvalue weighted by Crippen LogP contribution is -2.27. The summed E-state index contributed by atoms with van der Waals surface area (Å²) in [5.41, 5.74) is 3.61. The zero-order chi connectivity index (χ0) is 21.0. The Bertz CT molecular complexity index is 1130. The molecule has 0 unspecified atom stereocenters. The number of benzene rings is 2. The number of anilines is 1. The maximum Gasteiger partial charge on any atom is 0.264 e. The van der Waals surface area contributed by atoms with Crippen LogP contribution in [0.15, 0.2) is 71.8 Å². The number of aromatic nitrogens is 1. The lowest BCUT2D eigenvalue weighted by molar-refractivity contribution is 0.0950. The van der Waals surface area contributed by atoms with Gasteiger partial charge in [-0.25, -0.2) is 8.42 Å². The molecule has 150 valence electrons. The molecule has 1 N–H and O–H groups in total. The average Bonchev–Trinajstić information content (AvgIpc) is 2.73. The van der Waals surface area contributed by atoms with Crippen LogP contribution in [0.5, 0.6) is 0 Å². The van der Waals surface area contributed by atoms with Crippen molar-refractivity contribution in [1.82, 2.24) is 10.3 Å². The highest BCUT2D eigenvalue weighted by Crippen LogP contribution is 2.23. The van der Waals surface area contributed by atoms with Crippen LogP contribution in [0.1, 0.15) is 27.2 Å². The second-order valence-corrected chi connectivity index (χ2v) is 8.75. The van der Waals surface area contributed by atoms with Crippen LogP contribution in [-0.4, -0.2) is 26.4 Å². The minimum atomic E-state index is -3.79. The van der Waals surface area contributed by atoms with Crippen LogP contribution in [0.3, 0.4) is 0 Å². The molecule has 3 aromatic rings. The van der Waals surface area contributed by atoms with Crippen molar-refractivity contribution in [2.24, 2.45) is 0 Å². The van der Waals surface area contributed by atoms with Gasteiger partial charge < -0.3 is 5.32 Å². The molecule has 1 amide bonds. The SMILES string of the molecule is Cc1ccc(N(C)S(=O)(=O)c2cccc(C(=O)NCc3ncccc3C)c2)cc1. The second kappa shape index (κ2) is 8.45. The molecule has 0 fully saturated rings. The molecule has 0 bridgehead atoms. The molecule has 1 heterocycles. The number of amides is 1. The summed E-state index contributed by atoms with van der Waals surface area (Å²) < 4.78 is 27.2. The van der Waals surface area contributed by atoms with Gasteiger partial charge in [-0.1, -0.05) is 29.8 Å². The van der Waals surface area contributed by atoms with Gasteiger partial charge >= 0.3 is 0 Å². The maximum atomic E-state index is 13.0. The van der Waals surface area contributed by atoms with Crippen LogP contribution in [-0.2, 0) is 16.6 Å². The lowest BCUT2D eigenvalue weighted by Gasteiger charge is -2.20. The Morgan fingerprint density at radius 1 is 1.03 bits per heavy atom. The smallest absolute Gasteiger partial charge is 0.264 e. The molecular weight excluding hydrogens is 386 g/mol. The van der Waals surface area contributed by atoms with E-state index in [4.69, 9.17) is 0 Å². The fraction of sp³-hybridized carbons (Fsp3) is 0.182. The predicted octanol–water partition coefficient (Wildman–Crippen LogP) is 3.45. The minimum absolute atomic E-state index is 0.0576. The van der Waals surface area contributed by atoms with E-state index < -0.39 is 10.0 Å². The van der Waals surface area contributed by atoms with Crippen molar-refractivity contribution in [1.29, 1.82) is 0 Å². The van der Waals surface area contributed by atoms with Crippen molar-refractivity contribution in [3.63, 3.8) is 0 Å². The zero-order valence-electron chi connectivity index (χ0n) is 16.6. The van der Waals surface area contributed by atoms with E-state index in [1.165, 1.54) is 23.5 Å². The Labute approximate surface area is 171 Å². The maximum absolute atomic E-state index is 13.0. The first kappa shape index (κ1) is 20.5. The van der Waals surface area contributed by atoms with Gasteiger partial charge in [-0.15, -0.1) is 0 Å². The van der Waals surface area contributed by atoms with Gasteiger partial charge in [0.25, 0.3) is 15.9 Å². The van der Waals surface area contributed by atoms with Crippen LogP contribution >= 0.6 is 0 Å². The molecule has 1 aromatic heterocycles. The summed E-state index contributed by atoms with van der Waals surface area (Å²) in [6, 6.07) is 17.0. The molecule has 2 aromatic carbocycles. The third-order valence-corrected chi connectivity index (χ3v) is 6.47. The van der Waals surface area contributed by atoms with Crippen molar-refractivity contribution in [2.75, 3.05) is 11.4 Å². The number of aryl methyl sites for hydroxylation is 2. The summed E-state index contributed by atoms with van der Waals surface area (Å²) in [6.07, 6.45) is 1.67. The third kappa shape index (κ3) is 4.63. The monoisotopic (exact) mass is 409 g/mol. The summed E-state index contributed by atoms with van der Waals surface area (Å²) >= 11 is 0. The van der Waals surface area contributed by atoms with Gasteiger partial charge in [0.15, 0.2) is 0 Å². The fourth-order valence-corrected chi connectivity index (χ4v) is 4.06. The molecule has 0 aliphatic heterocycles. The molecule has 0 atom stereocenters. The van der Waals surface area contributed by atoms with Crippen LogP contribution in [0.25, 0.3) is 0 Å². The Hall–Kier alpha value is -3.19. The molecule has 29 heavy (non-hydrogen) atoms. The van der Waals surface area contributed by atoms with E-state index in [2.05, 4.69) is 10.3 Å². The molecule has 0 radical (unpaired) electrons. The highest BCUT2D eigenvalue weighted by Gasteiger charge is 2.22. The van der Waals surface area contributed by atoms with E-state index in [1.54, 1.807) is 30.5 Å². The lowest BCUT2D eigenvalue weighted by atomic mass is 10.2. The topological polar surface area (TPSA) is 79.4 Å². The van der Waals surface area contributed by atoms with Crippen LogP contribution in [0, 0.1) is 13.8 Å². The van der Waals surface area contributed by atoms with Gasteiger partial charge in [0.1, 0.15) is 0 Å². The van der Waals surface area contributed by atoms with E-state index >= 15 is 0 Å². The van der Waals surface area contributed by atoms with E-state index in [0.29, 0.717) is 5.69 Å². The molecule has 0 saturated heterocycles. The summed E-state index contributed by atoms with van der Waals surface area (Å²) in [5.74, 6) is -0.356. The summed E-state index contributed by atoms with van der Waals surface area (Å²) in [4.78, 5) is 16.8. The van der Waals surface area contributed by atoms with Crippen molar-refractivity contribution < 1.29 is 13.2 Å². The van der Waals surface area contributed by atoms with E-state index in [0.717, 1.165) is 16.8 Å². The fourth-order valence-electron chi connectivity index (χ4n) is 2.82. The number of pyridine rings is 1. The molecule has 0 saturated carbocycles. The van der Waals surface area contributed by atoms with Crippen molar-refractivity contribution in [3.8, 4) is 0 Å². The van der Waals surface area contributed by atoms with Crippen molar-refractivity contribution in [2.45, 2.75) is 25.3 Å². The highest BCUT2D eigenvalue weighted by atomic mass is 32.2. The average molecular weight is 410 g/mol. The summed E-state index contributed by atoms with van der Waals surface area (Å²) in [5, 5.41) is 2.79. The number of rotatable bonds is 6. The molecule has 0 aliphatic carbocycles. The number of carbonyl (C=O) groups is 1. The normalized spacial score (nSPS) is 11.1. The molecule has 0 spiro atoms. The van der Waals surface area contributed by atoms with Gasteiger partial charge in [0.05, 0.1) is 22.8 Å². The Morgan fingerprint density at radius 3 is 2.45 bits per heavy atom. The van der Waals surface area contributed by atoms with Gasteiger partial charge in [-0.3, -0.25) is 14.1 Å². The molecule has 6 nitrogen and oxygen atoms in total. The van der Waals surface area contributed by atoms with Gasteiger partial charge in [0, 0.05) is 18.8 Å².